The van der Waals surface area contributed by atoms with Gasteiger partial charge in [0.1, 0.15) is 19.0 Å². The predicted molar refractivity (Wildman–Crippen MR) is 138 cm³/mol. The normalized spacial score (nSPS) is 10.1. The van der Waals surface area contributed by atoms with Crippen LogP contribution in [-0.2, 0) is 0 Å². The largest absolute Gasteiger partial charge is 0.490 e. The summed E-state index contributed by atoms with van der Waals surface area (Å²) in [5, 5.41) is 0. The molecule has 5 heteroatoms. The first-order valence-electron chi connectivity index (χ1n) is 11.2. The van der Waals surface area contributed by atoms with Crippen LogP contribution in [0.3, 0.4) is 0 Å². The summed E-state index contributed by atoms with van der Waals surface area (Å²) in [5.41, 5.74) is 4.26. The molecule has 0 bridgehead atoms. The van der Waals surface area contributed by atoms with Gasteiger partial charge in [-0.1, -0.05) is 42.2 Å². The zero-order valence-electron chi connectivity index (χ0n) is 19.4. The summed E-state index contributed by atoms with van der Waals surface area (Å²) in [6, 6.07) is 25.2. The van der Waals surface area contributed by atoms with Crippen molar-refractivity contribution < 1.29 is 14.2 Å². The lowest BCUT2D eigenvalue weighted by atomic mass is 10.1. The molecule has 1 heterocycles. The average molecular weight is 461 g/mol. The van der Waals surface area contributed by atoms with Gasteiger partial charge in [-0.2, -0.15) is 0 Å². The molecule has 4 aromatic rings. The van der Waals surface area contributed by atoms with Gasteiger partial charge in [0.15, 0.2) is 17.3 Å². The second-order valence-corrected chi connectivity index (χ2v) is 7.43. The number of hydrogen-bond donors (Lipinski definition) is 0. The van der Waals surface area contributed by atoms with Gasteiger partial charge in [-0.05, 0) is 55.5 Å². The number of nitrogens with zero attached hydrogens (tertiary/aromatic N) is 2. The highest BCUT2D eigenvalue weighted by Crippen LogP contribution is 2.34. The predicted octanol–water partition coefficient (Wildman–Crippen LogP) is 5.90. The van der Waals surface area contributed by atoms with Crippen LogP contribution in [0.2, 0.25) is 0 Å². The molecule has 0 aliphatic heterocycles. The number of terminal acetylenes is 2. The van der Waals surface area contributed by atoms with Crippen molar-refractivity contribution in [2.24, 2.45) is 0 Å². The van der Waals surface area contributed by atoms with Crippen molar-refractivity contribution in [2.45, 2.75) is 6.92 Å². The van der Waals surface area contributed by atoms with Crippen molar-refractivity contribution in [3.8, 4) is 75.8 Å². The monoisotopic (exact) mass is 460 g/mol. The Morgan fingerprint density at radius 3 is 2.00 bits per heavy atom. The summed E-state index contributed by atoms with van der Waals surface area (Å²) in [6.07, 6.45) is 10.6. The van der Waals surface area contributed by atoms with Crippen molar-refractivity contribution in [1.82, 2.24) is 9.97 Å². The third kappa shape index (κ3) is 5.79. The van der Waals surface area contributed by atoms with E-state index in [2.05, 4.69) is 11.8 Å². The van der Waals surface area contributed by atoms with Crippen LogP contribution in [0, 0.1) is 24.7 Å². The van der Waals surface area contributed by atoms with E-state index in [9.17, 15) is 0 Å². The molecule has 3 aromatic carbocycles. The first-order valence-corrected chi connectivity index (χ1v) is 11.2. The van der Waals surface area contributed by atoms with Crippen LogP contribution in [0.15, 0.2) is 78.9 Å². The molecule has 35 heavy (non-hydrogen) atoms. The lowest BCUT2D eigenvalue weighted by Gasteiger charge is -2.13. The highest BCUT2D eigenvalue weighted by Gasteiger charge is 2.13. The molecule has 0 fully saturated rings. The maximum Gasteiger partial charge on any atom is 0.162 e. The Balaban J connectivity index is 1.79. The highest BCUT2D eigenvalue weighted by atomic mass is 16.5. The van der Waals surface area contributed by atoms with Crippen molar-refractivity contribution in [3.63, 3.8) is 0 Å². The third-order valence-electron chi connectivity index (χ3n) is 5.08. The van der Waals surface area contributed by atoms with Gasteiger partial charge in [-0.25, -0.2) is 9.97 Å². The number of rotatable bonds is 9. The van der Waals surface area contributed by atoms with E-state index >= 15 is 0 Å². The zero-order chi connectivity index (χ0) is 24.5. The van der Waals surface area contributed by atoms with Gasteiger partial charge < -0.3 is 14.2 Å². The molecule has 0 radical (unpaired) electrons. The Hall–Kier alpha value is -4.74. The van der Waals surface area contributed by atoms with Crippen LogP contribution in [0.25, 0.3) is 33.9 Å². The van der Waals surface area contributed by atoms with E-state index in [0.29, 0.717) is 29.7 Å². The molecule has 0 unspecified atom stereocenters. The van der Waals surface area contributed by atoms with E-state index in [4.69, 9.17) is 37.0 Å². The fraction of sp³-hybridized carbons (Fsp3) is 0.133. The molecule has 5 nitrogen and oxygen atoms in total. The Bertz CT molecular complexity index is 1370. The molecule has 4 rings (SSSR count). The molecule has 0 aliphatic rings. The Labute approximate surface area is 205 Å². The van der Waals surface area contributed by atoms with Gasteiger partial charge in [0.25, 0.3) is 0 Å². The van der Waals surface area contributed by atoms with Gasteiger partial charge in [0, 0.05) is 16.7 Å². The minimum Gasteiger partial charge on any atom is -0.490 e. The van der Waals surface area contributed by atoms with Crippen LogP contribution in [0.4, 0.5) is 0 Å². The zero-order valence-corrected chi connectivity index (χ0v) is 19.4. The molecular weight excluding hydrogens is 436 g/mol. The lowest BCUT2D eigenvalue weighted by molar-refractivity contribution is 0.299. The van der Waals surface area contributed by atoms with Gasteiger partial charge in [0.2, 0.25) is 0 Å². The molecule has 1 aromatic heterocycles. The second-order valence-electron chi connectivity index (χ2n) is 7.43. The summed E-state index contributed by atoms with van der Waals surface area (Å²) in [7, 11) is 0. The number of benzene rings is 3. The van der Waals surface area contributed by atoms with E-state index in [0.717, 1.165) is 28.1 Å². The quantitative estimate of drug-likeness (QED) is 0.291. The maximum absolute atomic E-state index is 5.81. The topological polar surface area (TPSA) is 53.5 Å². The standard InChI is InChI=1S/C30H24N2O3/c1-4-18-34-25-15-12-22(13-16-25)26-21-27(32-30(31-26)23-10-8-7-9-11-23)24-14-17-28(35-19-5-2)29(20-24)33-6-3/h1-2,7-17,20-21H,6,18-19H2,3H3. The molecule has 0 atom stereocenters. The molecule has 0 amide bonds. The van der Waals surface area contributed by atoms with Crippen LogP contribution in [-0.4, -0.2) is 29.8 Å². The van der Waals surface area contributed by atoms with E-state index in [-0.39, 0.29) is 13.2 Å². The van der Waals surface area contributed by atoms with Crippen LogP contribution < -0.4 is 14.2 Å². The lowest BCUT2D eigenvalue weighted by Crippen LogP contribution is -2.00. The highest BCUT2D eigenvalue weighted by molar-refractivity contribution is 5.73. The van der Waals surface area contributed by atoms with E-state index in [1.165, 1.54) is 0 Å². The first-order chi connectivity index (χ1) is 17.2. The Morgan fingerprint density at radius 2 is 1.31 bits per heavy atom. The van der Waals surface area contributed by atoms with Crippen molar-refractivity contribution in [1.29, 1.82) is 0 Å². The van der Waals surface area contributed by atoms with Crippen LogP contribution in [0.5, 0.6) is 17.2 Å². The molecule has 0 saturated carbocycles. The summed E-state index contributed by atoms with van der Waals surface area (Å²) >= 11 is 0. The van der Waals surface area contributed by atoms with Gasteiger partial charge in [-0.3, -0.25) is 0 Å². The molecule has 0 spiro atoms. The van der Waals surface area contributed by atoms with Crippen LogP contribution >= 0.6 is 0 Å². The smallest absolute Gasteiger partial charge is 0.162 e. The number of aromatic nitrogens is 2. The minimum absolute atomic E-state index is 0.163. The van der Waals surface area contributed by atoms with Crippen molar-refractivity contribution >= 4 is 0 Å². The van der Waals surface area contributed by atoms with Gasteiger partial charge >= 0.3 is 0 Å². The van der Waals surface area contributed by atoms with E-state index in [1.807, 2.05) is 85.8 Å². The fourth-order valence-electron chi connectivity index (χ4n) is 3.48. The van der Waals surface area contributed by atoms with Crippen molar-refractivity contribution in [3.05, 3.63) is 78.9 Å². The maximum atomic E-state index is 5.81. The summed E-state index contributed by atoms with van der Waals surface area (Å²) in [4.78, 5) is 9.71. The molecule has 0 saturated heterocycles. The van der Waals surface area contributed by atoms with Crippen molar-refractivity contribution in [2.75, 3.05) is 19.8 Å². The fourth-order valence-corrected chi connectivity index (χ4v) is 3.48. The summed E-state index contributed by atoms with van der Waals surface area (Å²) < 4.78 is 16.9. The SMILES string of the molecule is C#CCOc1ccc(-c2cc(-c3ccc(OCC#C)c(OCC)c3)nc(-c3ccccc3)n2)cc1. The number of ether oxygens (including phenoxy) is 3. The number of hydrogen-bond acceptors (Lipinski definition) is 5. The first kappa shape index (κ1) is 23.4. The molecule has 172 valence electrons. The third-order valence-corrected chi connectivity index (χ3v) is 5.08. The van der Waals surface area contributed by atoms with E-state index in [1.54, 1.807) is 0 Å². The second kappa shape index (κ2) is 11.4. The Kier molecular flexibility index (Phi) is 7.63. The average Bonchev–Trinajstić information content (AvgIpc) is 2.92. The van der Waals surface area contributed by atoms with E-state index < -0.39 is 0 Å². The van der Waals surface area contributed by atoms with Gasteiger partial charge in [0.05, 0.1) is 18.0 Å². The molecular formula is C30H24N2O3. The summed E-state index contributed by atoms with van der Waals surface area (Å²) in [6.45, 7) is 2.80. The minimum atomic E-state index is 0.163. The Morgan fingerprint density at radius 1 is 0.657 bits per heavy atom. The molecule has 0 aliphatic carbocycles. The summed E-state index contributed by atoms with van der Waals surface area (Å²) in [5.74, 6) is 7.47. The van der Waals surface area contributed by atoms with Gasteiger partial charge in [-0.15, -0.1) is 12.8 Å². The molecule has 0 N–H and O–H groups in total. The van der Waals surface area contributed by atoms with Crippen LogP contribution in [0.1, 0.15) is 6.92 Å².